The molecule has 0 radical (unpaired) electrons. The minimum Gasteiger partial charge on any atom is -0.352 e. The highest BCUT2D eigenvalue weighted by atomic mass is 16.2. The molecule has 0 atom stereocenters. The Kier molecular flexibility index (Phi) is 5.99. The highest BCUT2D eigenvalue weighted by Crippen LogP contribution is 2.19. The average molecular weight is 354 g/mol. The monoisotopic (exact) mass is 354 g/mol. The van der Waals surface area contributed by atoms with Gasteiger partial charge in [0.1, 0.15) is 0 Å². The number of nitrogens with one attached hydrogen (secondary N) is 1. The first-order valence-electron chi connectivity index (χ1n) is 9.25. The molecule has 0 saturated carbocycles. The molecule has 1 N–H and O–H groups in total. The Morgan fingerprint density at radius 1 is 1.12 bits per heavy atom. The summed E-state index contributed by atoms with van der Waals surface area (Å²) in [6.07, 6.45) is 5.29. The second-order valence-corrected chi connectivity index (χ2v) is 6.47. The number of carbonyl (C=O) groups is 1. The van der Waals surface area contributed by atoms with Crippen molar-refractivity contribution in [1.82, 2.24) is 20.1 Å². The lowest BCUT2D eigenvalue weighted by atomic mass is 10.0. The number of piperazine rings is 1. The van der Waals surface area contributed by atoms with Gasteiger partial charge >= 0.3 is 0 Å². The molecular formula is C19H26N6O. The Bertz CT molecular complexity index is 694. The van der Waals surface area contributed by atoms with E-state index in [9.17, 15) is 4.79 Å². The van der Waals surface area contributed by atoms with E-state index in [-0.39, 0.29) is 11.8 Å². The van der Waals surface area contributed by atoms with Crippen LogP contribution in [0.1, 0.15) is 26.7 Å². The highest BCUT2D eigenvalue weighted by Gasteiger charge is 2.26. The fourth-order valence-electron chi connectivity index (χ4n) is 3.20. The molecule has 1 aliphatic heterocycles. The van der Waals surface area contributed by atoms with E-state index in [1.165, 1.54) is 0 Å². The van der Waals surface area contributed by atoms with Gasteiger partial charge in [0.05, 0.1) is 11.9 Å². The van der Waals surface area contributed by atoms with Crippen LogP contribution in [0.4, 0.5) is 17.3 Å². The van der Waals surface area contributed by atoms with Crippen molar-refractivity contribution in [2.75, 3.05) is 36.4 Å². The van der Waals surface area contributed by atoms with Gasteiger partial charge in [-0.15, -0.1) is 10.2 Å². The third-order valence-corrected chi connectivity index (χ3v) is 4.83. The van der Waals surface area contributed by atoms with E-state index >= 15 is 0 Å². The van der Waals surface area contributed by atoms with Crippen LogP contribution in [0.5, 0.6) is 0 Å². The minimum atomic E-state index is 0.152. The first kappa shape index (κ1) is 18.1. The van der Waals surface area contributed by atoms with Crippen LogP contribution in [0.3, 0.4) is 0 Å². The van der Waals surface area contributed by atoms with E-state index in [1.807, 2.05) is 29.2 Å². The molecule has 0 bridgehead atoms. The molecule has 7 nitrogen and oxygen atoms in total. The molecule has 1 fully saturated rings. The first-order valence-corrected chi connectivity index (χ1v) is 9.25. The van der Waals surface area contributed by atoms with Gasteiger partial charge in [-0.05, 0) is 37.1 Å². The molecule has 1 aliphatic rings. The van der Waals surface area contributed by atoms with Crippen molar-refractivity contribution in [3.8, 4) is 0 Å². The van der Waals surface area contributed by atoms with Gasteiger partial charge in [0.25, 0.3) is 0 Å². The molecule has 3 heterocycles. The van der Waals surface area contributed by atoms with Crippen LogP contribution in [-0.2, 0) is 4.79 Å². The topological polar surface area (TPSA) is 74.2 Å². The van der Waals surface area contributed by atoms with Gasteiger partial charge in [-0.2, -0.15) is 0 Å². The Morgan fingerprint density at radius 3 is 2.46 bits per heavy atom. The number of pyridine rings is 1. The van der Waals surface area contributed by atoms with Crippen molar-refractivity contribution in [3.05, 3.63) is 36.7 Å². The van der Waals surface area contributed by atoms with Gasteiger partial charge in [-0.1, -0.05) is 13.8 Å². The Balaban J connectivity index is 1.55. The fraction of sp³-hybridized carbons (Fsp3) is 0.474. The largest absolute Gasteiger partial charge is 0.352 e. The van der Waals surface area contributed by atoms with Crippen LogP contribution in [0, 0.1) is 5.92 Å². The van der Waals surface area contributed by atoms with Crippen molar-refractivity contribution in [2.45, 2.75) is 26.7 Å². The SMILES string of the molecule is CCC(CC)C(=O)N1CCN(c2ccc(Nc3cccnc3)nn2)CC1. The summed E-state index contributed by atoms with van der Waals surface area (Å²) >= 11 is 0. The maximum Gasteiger partial charge on any atom is 0.225 e. The number of hydrogen-bond acceptors (Lipinski definition) is 6. The zero-order valence-corrected chi connectivity index (χ0v) is 15.4. The fourth-order valence-corrected chi connectivity index (χ4v) is 3.20. The number of amides is 1. The van der Waals surface area contributed by atoms with Gasteiger partial charge in [0.15, 0.2) is 11.6 Å². The van der Waals surface area contributed by atoms with Gasteiger partial charge < -0.3 is 15.1 Å². The highest BCUT2D eigenvalue weighted by molar-refractivity contribution is 5.79. The lowest BCUT2D eigenvalue weighted by Gasteiger charge is -2.36. The maximum atomic E-state index is 12.5. The van der Waals surface area contributed by atoms with E-state index in [4.69, 9.17) is 0 Å². The number of hydrogen-bond donors (Lipinski definition) is 1. The van der Waals surface area contributed by atoms with Gasteiger partial charge in [-0.25, -0.2) is 0 Å². The summed E-state index contributed by atoms with van der Waals surface area (Å²) in [6, 6.07) is 7.67. The average Bonchev–Trinajstić information content (AvgIpc) is 2.70. The zero-order valence-electron chi connectivity index (χ0n) is 15.4. The second kappa shape index (κ2) is 8.60. The summed E-state index contributed by atoms with van der Waals surface area (Å²) in [4.78, 5) is 20.7. The lowest BCUT2D eigenvalue weighted by molar-refractivity contribution is -0.136. The summed E-state index contributed by atoms with van der Waals surface area (Å²) in [6.45, 7) is 7.23. The summed E-state index contributed by atoms with van der Waals surface area (Å²) in [5.74, 6) is 1.97. The molecule has 0 aliphatic carbocycles. The van der Waals surface area contributed by atoms with Crippen LogP contribution in [0.2, 0.25) is 0 Å². The van der Waals surface area contributed by atoms with Gasteiger partial charge in [-0.3, -0.25) is 9.78 Å². The molecule has 0 unspecified atom stereocenters. The van der Waals surface area contributed by atoms with Crippen LogP contribution in [0.25, 0.3) is 0 Å². The Morgan fingerprint density at radius 2 is 1.88 bits per heavy atom. The summed E-state index contributed by atoms with van der Waals surface area (Å²) in [5.41, 5.74) is 0.878. The first-order chi connectivity index (χ1) is 12.7. The van der Waals surface area contributed by atoms with Crippen LogP contribution >= 0.6 is 0 Å². The second-order valence-electron chi connectivity index (χ2n) is 6.47. The van der Waals surface area contributed by atoms with Crippen molar-refractivity contribution in [1.29, 1.82) is 0 Å². The van der Waals surface area contributed by atoms with E-state index < -0.39 is 0 Å². The zero-order chi connectivity index (χ0) is 18.4. The van der Waals surface area contributed by atoms with E-state index in [1.54, 1.807) is 12.4 Å². The number of aromatic nitrogens is 3. The normalized spacial score (nSPS) is 14.6. The molecule has 2 aromatic rings. The molecule has 1 saturated heterocycles. The van der Waals surface area contributed by atoms with Crippen LogP contribution < -0.4 is 10.2 Å². The van der Waals surface area contributed by atoms with Crippen molar-refractivity contribution in [2.24, 2.45) is 5.92 Å². The Hall–Kier alpha value is -2.70. The number of carbonyl (C=O) groups excluding carboxylic acids is 1. The number of nitrogens with zero attached hydrogens (tertiary/aromatic N) is 5. The van der Waals surface area contributed by atoms with Gasteiger partial charge in [0, 0.05) is 38.3 Å². The van der Waals surface area contributed by atoms with E-state index in [2.05, 4.69) is 39.2 Å². The molecule has 26 heavy (non-hydrogen) atoms. The summed E-state index contributed by atoms with van der Waals surface area (Å²) < 4.78 is 0. The number of rotatable bonds is 6. The molecule has 1 amide bonds. The summed E-state index contributed by atoms with van der Waals surface area (Å²) in [7, 11) is 0. The third kappa shape index (κ3) is 4.28. The standard InChI is InChI=1S/C19H26N6O/c1-3-15(4-2)19(26)25-12-10-24(11-13-25)18-8-7-17(22-23-18)21-16-6-5-9-20-14-16/h5-9,14-15H,3-4,10-13H2,1-2H3,(H,21,22). The van der Waals surface area contributed by atoms with Crippen LogP contribution in [0.15, 0.2) is 36.7 Å². The van der Waals surface area contributed by atoms with Crippen LogP contribution in [-0.4, -0.2) is 52.2 Å². The third-order valence-electron chi connectivity index (χ3n) is 4.83. The molecule has 3 rings (SSSR count). The molecule has 2 aromatic heterocycles. The Labute approximate surface area is 154 Å². The smallest absolute Gasteiger partial charge is 0.225 e. The predicted octanol–water partition coefficient (Wildman–Crippen LogP) is 2.70. The lowest BCUT2D eigenvalue weighted by Crippen LogP contribution is -2.50. The van der Waals surface area contributed by atoms with Crippen molar-refractivity contribution in [3.63, 3.8) is 0 Å². The van der Waals surface area contributed by atoms with Crippen molar-refractivity contribution >= 4 is 23.2 Å². The molecule has 0 spiro atoms. The molecule has 0 aromatic carbocycles. The summed E-state index contributed by atoms with van der Waals surface area (Å²) in [5, 5.41) is 11.7. The quantitative estimate of drug-likeness (QED) is 0.860. The maximum absolute atomic E-state index is 12.5. The van der Waals surface area contributed by atoms with E-state index in [0.29, 0.717) is 5.82 Å². The van der Waals surface area contributed by atoms with E-state index in [0.717, 1.165) is 50.5 Å². The number of anilines is 3. The molecule has 7 heteroatoms. The minimum absolute atomic E-state index is 0.152. The van der Waals surface area contributed by atoms with Gasteiger partial charge in [0.2, 0.25) is 5.91 Å². The predicted molar refractivity (Wildman–Crippen MR) is 102 cm³/mol. The van der Waals surface area contributed by atoms with Crippen molar-refractivity contribution < 1.29 is 4.79 Å². The molecule has 138 valence electrons. The molecular weight excluding hydrogens is 328 g/mol.